The van der Waals surface area contributed by atoms with Crippen LogP contribution in [-0.2, 0) is 6.42 Å². The van der Waals surface area contributed by atoms with Gasteiger partial charge in [-0.15, -0.1) is 0 Å². The van der Waals surface area contributed by atoms with E-state index in [4.69, 9.17) is 9.47 Å². The summed E-state index contributed by atoms with van der Waals surface area (Å²) in [4.78, 5) is 19.4. The van der Waals surface area contributed by atoms with Gasteiger partial charge in [0, 0.05) is 29.7 Å². The fraction of sp³-hybridized carbons (Fsp3) is 0.217. The van der Waals surface area contributed by atoms with Gasteiger partial charge in [-0.05, 0) is 49.2 Å². The zero-order valence-corrected chi connectivity index (χ0v) is 16.7. The van der Waals surface area contributed by atoms with Crippen LogP contribution in [0, 0.1) is 0 Å². The van der Waals surface area contributed by atoms with E-state index in [9.17, 15) is 4.79 Å². The fourth-order valence-electron chi connectivity index (χ4n) is 3.69. The van der Waals surface area contributed by atoms with Crippen molar-refractivity contribution in [2.75, 3.05) is 24.4 Å². The molecule has 1 aromatic heterocycles. The van der Waals surface area contributed by atoms with Crippen LogP contribution in [0.1, 0.15) is 23.0 Å². The molecule has 0 spiro atoms. The van der Waals surface area contributed by atoms with Gasteiger partial charge in [0.25, 0.3) is 5.91 Å². The molecule has 6 heteroatoms. The Kier molecular flexibility index (Phi) is 5.08. The second-order valence-corrected chi connectivity index (χ2v) is 6.98. The number of hydrogen-bond acceptors (Lipinski definition) is 5. The van der Waals surface area contributed by atoms with Crippen molar-refractivity contribution in [1.82, 2.24) is 4.98 Å². The average Bonchev–Trinajstić information content (AvgIpc) is 3.09. The number of carbonyl (C=O) groups excluding carboxylic acids is 1. The summed E-state index contributed by atoms with van der Waals surface area (Å²) in [5.41, 5.74) is 4.02. The summed E-state index contributed by atoms with van der Waals surface area (Å²) in [6.45, 7) is 2.06. The normalized spacial score (nSPS) is 15.0. The van der Waals surface area contributed by atoms with Gasteiger partial charge >= 0.3 is 0 Å². The number of methoxy groups -OCH3 is 2. The van der Waals surface area contributed by atoms with E-state index in [1.807, 2.05) is 47.4 Å². The maximum Gasteiger partial charge on any atom is 0.277 e. The van der Waals surface area contributed by atoms with E-state index in [2.05, 4.69) is 23.3 Å². The van der Waals surface area contributed by atoms with Gasteiger partial charge in [-0.3, -0.25) is 9.78 Å². The predicted octanol–water partition coefficient (Wildman–Crippen LogP) is 4.43. The summed E-state index contributed by atoms with van der Waals surface area (Å²) in [7, 11) is 3.23. The summed E-state index contributed by atoms with van der Waals surface area (Å²) in [5, 5.41) is 3.30. The summed E-state index contributed by atoms with van der Waals surface area (Å²) in [6, 6.07) is 17.2. The number of rotatable bonds is 5. The van der Waals surface area contributed by atoms with E-state index in [0.717, 1.165) is 23.5 Å². The van der Waals surface area contributed by atoms with Crippen LogP contribution in [-0.4, -0.2) is 31.2 Å². The number of pyridine rings is 1. The van der Waals surface area contributed by atoms with Gasteiger partial charge < -0.3 is 19.7 Å². The van der Waals surface area contributed by atoms with E-state index in [1.165, 1.54) is 5.56 Å². The third-order valence-electron chi connectivity index (χ3n) is 5.09. The van der Waals surface area contributed by atoms with Crippen LogP contribution in [0.3, 0.4) is 0 Å². The Labute approximate surface area is 170 Å². The highest BCUT2D eigenvalue weighted by Crippen LogP contribution is 2.34. The minimum Gasteiger partial charge on any atom is -0.497 e. The molecule has 148 valence electrons. The number of ether oxygens (including phenoxy) is 2. The average molecular weight is 389 g/mol. The van der Waals surface area contributed by atoms with E-state index in [0.29, 0.717) is 17.2 Å². The van der Waals surface area contributed by atoms with Gasteiger partial charge in [0.1, 0.15) is 17.2 Å². The van der Waals surface area contributed by atoms with Gasteiger partial charge in [-0.1, -0.05) is 18.2 Å². The lowest BCUT2D eigenvalue weighted by Gasteiger charge is -2.22. The largest absolute Gasteiger partial charge is 0.497 e. The first-order valence-corrected chi connectivity index (χ1v) is 9.47. The maximum absolute atomic E-state index is 13.2. The van der Waals surface area contributed by atoms with Crippen LogP contribution < -0.4 is 19.7 Å². The quantitative estimate of drug-likeness (QED) is 0.699. The first kappa shape index (κ1) is 18.8. The van der Waals surface area contributed by atoms with Crippen molar-refractivity contribution < 1.29 is 14.3 Å². The molecule has 3 aromatic rings. The number of carbonyl (C=O) groups is 1. The molecule has 0 saturated carbocycles. The van der Waals surface area contributed by atoms with Gasteiger partial charge in [-0.25, -0.2) is 0 Å². The molecule has 0 aliphatic carbocycles. The van der Waals surface area contributed by atoms with Crippen molar-refractivity contribution in [2.45, 2.75) is 19.4 Å². The third-order valence-corrected chi connectivity index (χ3v) is 5.09. The lowest BCUT2D eigenvalue weighted by atomic mass is 10.1. The summed E-state index contributed by atoms with van der Waals surface area (Å²) >= 11 is 0. The number of nitrogens with one attached hydrogen (secondary N) is 1. The zero-order valence-electron chi connectivity index (χ0n) is 16.7. The zero-order chi connectivity index (χ0) is 20.4. The molecule has 0 radical (unpaired) electrons. The molecule has 6 nitrogen and oxygen atoms in total. The van der Waals surface area contributed by atoms with Crippen molar-refractivity contribution in [3.63, 3.8) is 0 Å². The SMILES string of the molecule is COc1ccc(OC)c(Nc2ccnc(C(=O)N3c4ccccc4CC3C)c2)c1. The number of hydrogen-bond donors (Lipinski definition) is 1. The fourth-order valence-corrected chi connectivity index (χ4v) is 3.69. The number of aromatic nitrogens is 1. The Morgan fingerprint density at radius 1 is 1.10 bits per heavy atom. The molecule has 29 heavy (non-hydrogen) atoms. The van der Waals surface area contributed by atoms with Crippen LogP contribution in [0.25, 0.3) is 0 Å². The molecule has 0 fully saturated rings. The molecule has 1 unspecified atom stereocenters. The Hall–Kier alpha value is -3.54. The maximum atomic E-state index is 13.2. The Morgan fingerprint density at radius 2 is 1.93 bits per heavy atom. The van der Waals surface area contributed by atoms with Crippen molar-refractivity contribution in [3.05, 3.63) is 72.1 Å². The van der Waals surface area contributed by atoms with Crippen LogP contribution >= 0.6 is 0 Å². The Bertz CT molecular complexity index is 1050. The molecular weight excluding hydrogens is 366 g/mol. The number of amides is 1. The lowest BCUT2D eigenvalue weighted by molar-refractivity contribution is 0.0976. The third kappa shape index (κ3) is 3.61. The molecule has 1 amide bonds. The first-order chi connectivity index (χ1) is 14.1. The number of nitrogens with zero attached hydrogens (tertiary/aromatic N) is 2. The minimum atomic E-state index is -0.108. The van der Waals surface area contributed by atoms with E-state index < -0.39 is 0 Å². The Morgan fingerprint density at radius 3 is 2.72 bits per heavy atom. The molecule has 0 bridgehead atoms. The van der Waals surface area contributed by atoms with Crippen LogP contribution in [0.5, 0.6) is 11.5 Å². The summed E-state index contributed by atoms with van der Waals surface area (Å²) < 4.78 is 10.7. The monoisotopic (exact) mass is 389 g/mol. The highest BCUT2D eigenvalue weighted by atomic mass is 16.5. The molecule has 1 N–H and O–H groups in total. The molecule has 1 aliphatic rings. The standard InChI is InChI=1S/C23H23N3O3/c1-15-12-16-6-4-5-7-21(16)26(15)23(27)20-13-17(10-11-24-20)25-19-14-18(28-2)8-9-22(19)29-3/h4-11,13-15H,12H2,1-3H3,(H,24,25). The van der Waals surface area contributed by atoms with Gasteiger partial charge in [0.2, 0.25) is 0 Å². The molecular formula is C23H23N3O3. The Balaban J connectivity index is 1.62. The summed E-state index contributed by atoms with van der Waals surface area (Å²) in [6.07, 6.45) is 2.48. The highest BCUT2D eigenvalue weighted by molar-refractivity contribution is 6.07. The van der Waals surface area contributed by atoms with Crippen LogP contribution in [0.2, 0.25) is 0 Å². The topological polar surface area (TPSA) is 63.7 Å². The van der Waals surface area contributed by atoms with Gasteiger partial charge in [0.15, 0.2) is 0 Å². The number of anilines is 3. The van der Waals surface area contributed by atoms with Gasteiger partial charge in [-0.2, -0.15) is 0 Å². The highest BCUT2D eigenvalue weighted by Gasteiger charge is 2.31. The van der Waals surface area contributed by atoms with Crippen molar-refractivity contribution >= 4 is 23.0 Å². The molecule has 1 aliphatic heterocycles. The van der Waals surface area contributed by atoms with E-state index in [-0.39, 0.29) is 11.9 Å². The first-order valence-electron chi connectivity index (χ1n) is 9.47. The van der Waals surface area contributed by atoms with Crippen LogP contribution in [0.4, 0.5) is 17.1 Å². The van der Waals surface area contributed by atoms with Gasteiger partial charge in [0.05, 0.1) is 19.9 Å². The van der Waals surface area contributed by atoms with E-state index >= 15 is 0 Å². The van der Waals surface area contributed by atoms with Crippen LogP contribution in [0.15, 0.2) is 60.8 Å². The van der Waals surface area contributed by atoms with Crippen molar-refractivity contribution in [2.24, 2.45) is 0 Å². The smallest absolute Gasteiger partial charge is 0.277 e. The minimum absolute atomic E-state index is 0.0943. The lowest BCUT2D eigenvalue weighted by Crippen LogP contribution is -2.36. The number of benzene rings is 2. The molecule has 1 atom stereocenters. The van der Waals surface area contributed by atoms with E-state index in [1.54, 1.807) is 26.5 Å². The molecule has 0 saturated heterocycles. The second-order valence-electron chi connectivity index (χ2n) is 6.98. The number of para-hydroxylation sites is 1. The predicted molar refractivity (Wildman–Crippen MR) is 113 cm³/mol. The second kappa shape index (κ2) is 7.83. The van der Waals surface area contributed by atoms with Crippen molar-refractivity contribution in [3.8, 4) is 11.5 Å². The molecule has 2 heterocycles. The summed E-state index contributed by atoms with van der Waals surface area (Å²) in [5.74, 6) is 1.28. The number of fused-ring (bicyclic) bond motifs is 1. The molecule has 4 rings (SSSR count). The molecule has 2 aromatic carbocycles. The van der Waals surface area contributed by atoms with Crippen molar-refractivity contribution in [1.29, 1.82) is 0 Å².